The average molecular weight is 244 g/mol. The largest absolute Gasteiger partial charge is 0.490 e. The summed E-state index contributed by atoms with van der Waals surface area (Å²) in [4.78, 5) is 0. The summed E-state index contributed by atoms with van der Waals surface area (Å²) in [5, 5.41) is 9.00. The van der Waals surface area contributed by atoms with Gasteiger partial charge in [0, 0.05) is 0 Å². The third-order valence-electron chi connectivity index (χ3n) is 2.45. The fourth-order valence-corrected chi connectivity index (χ4v) is 1.57. The zero-order valence-corrected chi connectivity index (χ0v) is 10.1. The molecule has 0 unspecified atom stereocenters. The Bertz CT molecular complexity index is 468. The van der Waals surface area contributed by atoms with Crippen molar-refractivity contribution in [1.29, 1.82) is 0 Å². The summed E-state index contributed by atoms with van der Waals surface area (Å²) in [6.07, 6.45) is 0. The molecule has 2 aromatic rings. The predicted octanol–water partition coefficient (Wildman–Crippen LogP) is 2.64. The second kappa shape index (κ2) is 6.67. The molecule has 0 amide bonds. The van der Waals surface area contributed by atoms with Crippen molar-refractivity contribution < 1.29 is 14.6 Å². The van der Waals surface area contributed by atoms with Crippen LogP contribution in [0.2, 0.25) is 0 Å². The van der Waals surface area contributed by atoms with E-state index >= 15 is 0 Å². The number of hydrogen-bond donors (Lipinski definition) is 1. The second-order valence-electron chi connectivity index (χ2n) is 3.82. The topological polar surface area (TPSA) is 38.7 Å². The van der Waals surface area contributed by atoms with Crippen LogP contribution in [0.15, 0.2) is 54.6 Å². The van der Waals surface area contributed by atoms with Gasteiger partial charge in [-0.3, -0.25) is 0 Å². The smallest absolute Gasteiger partial charge is 0.122 e. The normalized spacial score (nSPS) is 10.1. The molecule has 2 rings (SSSR count). The van der Waals surface area contributed by atoms with Gasteiger partial charge in [0.2, 0.25) is 0 Å². The molecule has 0 aliphatic carbocycles. The third-order valence-corrected chi connectivity index (χ3v) is 2.45. The van der Waals surface area contributed by atoms with Crippen LogP contribution in [0.4, 0.5) is 0 Å². The van der Waals surface area contributed by atoms with E-state index in [1.54, 1.807) is 0 Å². The van der Waals surface area contributed by atoms with Crippen LogP contribution in [0.5, 0.6) is 11.5 Å². The van der Waals surface area contributed by atoms with Crippen LogP contribution in [-0.4, -0.2) is 18.3 Å². The van der Waals surface area contributed by atoms with Gasteiger partial charge in [-0.15, -0.1) is 0 Å². The van der Waals surface area contributed by atoms with Gasteiger partial charge in [-0.25, -0.2) is 0 Å². The molecule has 0 radical (unpaired) electrons. The van der Waals surface area contributed by atoms with E-state index in [-0.39, 0.29) is 6.61 Å². The number of aliphatic hydroxyl groups is 1. The Morgan fingerprint density at radius 3 is 2.17 bits per heavy atom. The summed E-state index contributed by atoms with van der Waals surface area (Å²) < 4.78 is 11.0. The molecule has 0 saturated carbocycles. The van der Waals surface area contributed by atoms with Gasteiger partial charge in [0.25, 0.3) is 0 Å². The lowest BCUT2D eigenvalue weighted by Crippen LogP contribution is -2.09. The minimum atomic E-state index is 0.0255. The van der Waals surface area contributed by atoms with E-state index in [4.69, 9.17) is 14.6 Å². The average Bonchev–Trinajstić information content (AvgIpc) is 2.45. The fraction of sp³-hybridized carbons (Fsp3) is 0.200. The van der Waals surface area contributed by atoms with E-state index in [0.29, 0.717) is 13.2 Å². The van der Waals surface area contributed by atoms with Crippen LogP contribution < -0.4 is 9.47 Å². The molecule has 0 fully saturated rings. The summed E-state index contributed by atoms with van der Waals surface area (Å²) >= 11 is 0. The number of ether oxygens (including phenoxy) is 2. The van der Waals surface area contributed by atoms with Gasteiger partial charge in [-0.1, -0.05) is 30.3 Å². The van der Waals surface area contributed by atoms with E-state index in [1.807, 2.05) is 54.6 Å². The molecule has 2 aromatic carbocycles. The van der Waals surface area contributed by atoms with Gasteiger partial charge in [0.05, 0.1) is 6.61 Å². The molecule has 1 N–H and O–H groups in total. The van der Waals surface area contributed by atoms with Crippen molar-refractivity contribution in [2.75, 3.05) is 13.2 Å². The highest BCUT2D eigenvalue weighted by molar-refractivity contribution is 5.28. The van der Waals surface area contributed by atoms with E-state index in [2.05, 4.69) is 0 Å². The summed E-state index contributed by atoms with van der Waals surface area (Å²) in [5.74, 6) is 1.59. The Balaban J connectivity index is 1.75. The molecule has 18 heavy (non-hydrogen) atoms. The van der Waals surface area contributed by atoms with Crippen LogP contribution in [0.1, 0.15) is 5.56 Å². The van der Waals surface area contributed by atoms with Crippen molar-refractivity contribution in [2.24, 2.45) is 0 Å². The zero-order chi connectivity index (χ0) is 12.6. The van der Waals surface area contributed by atoms with Crippen molar-refractivity contribution in [2.45, 2.75) is 6.61 Å². The lowest BCUT2D eigenvalue weighted by molar-refractivity contribution is 0.216. The first kappa shape index (κ1) is 12.5. The number of benzene rings is 2. The number of hydrogen-bond acceptors (Lipinski definition) is 3. The lowest BCUT2D eigenvalue weighted by Gasteiger charge is -2.08. The Hall–Kier alpha value is -2.00. The second-order valence-corrected chi connectivity index (χ2v) is 3.82. The van der Waals surface area contributed by atoms with Gasteiger partial charge >= 0.3 is 0 Å². The maximum atomic E-state index is 9.00. The molecule has 3 heteroatoms. The molecule has 3 nitrogen and oxygen atoms in total. The maximum absolute atomic E-state index is 9.00. The molecule has 0 heterocycles. The first-order chi connectivity index (χ1) is 8.88. The SMILES string of the molecule is OCc1cccc(OCCOc2ccccc2)c1. The maximum Gasteiger partial charge on any atom is 0.122 e. The summed E-state index contributed by atoms with van der Waals surface area (Å²) in [6, 6.07) is 17.0. The van der Waals surface area contributed by atoms with Crippen molar-refractivity contribution in [3.05, 3.63) is 60.2 Å². The highest BCUT2D eigenvalue weighted by Crippen LogP contribution is 2.13. The minimum Gasteiger partial charge on any atom is -0.490 e. The highest BCUT2D eigenvalue weighted by atomic mass is 16.5. The van der Waals surface area contributed by atoms with Gasteiger partial charge in [0.15, 0.2) is 0 Å². The lowest BCUT2D eigenvalue weighted by atomic mass is 10.2. The molecule has 94 valence electrons. The molecule has 0 spiro atoms. The molecule has 0 aliphatic heterocycles. The minimum absolute atomic E-state index is 0.0255. The number of aliphatic hydroxyl groups excluding tert-OH is 1. The zero-order valence-electron chi connectivity index (χ0n) is 10.1. The molecule has 0 atom stereocenters. The van der Waals surface area contributed by atoms with Crippen LogP contribution in [0, 0.1) is 0 Å². The van der Waals surface area contributed by atoms with Crippen LogP contribution in [-0.2, 0) is 6.61 Å². The summed E-state index contributed by atoms with van der Waals surface area (Å²) in [6.45, 7) is 0.995. The molecular weight excluding hydrogens is 228 g/mol. The fourth-order valence-electron chi connectivity index (χ4n) is 1.57. The predicted molar refractivity (Wildman–Crippen MR) is 69.8 cm³/mol. The number of para-hydroxylation sites is 1. The first-order valence-corrected chi connectivity index (χ1v) is 5.89. The van der Waals surface area contributed by atoms with Gasteiger partial charge in [0.1, 0.15) is 24.7 Å². The van der Waals surface area contributed by atoms with Crippen molar-refractivity contribution in [1.82, 2.24) is 0 Å². The van der Waals surface area contributed by atoms with E-state index < -0.39 is 0 Å². The third kappa shape index (κ3) is 3.79. The van der Waals surface area contributed by atoms with E-state index in [9.17, 15) is 0 Å². The summed E-state index contributed by atoms with van der Waals surface area (Å²) in [5.41, 5.74) is 0.844. The Labute approximate surface area is 107 Å². The van der Waals surface area contributed by atoms with E-state index in [1.165, 1.54) is 0 Å². The standard InChI is InChI=1S/C15H16O3/c16-12-13-5-4-8-15(11-13)18-10-9-17-14-6-2-1-3-7-14/h1-8,11,16H,9-10,12H2. The van der Waals surface area contributed by atoms with Crippen molar-refractivity contribution in [3.8, 4) is 11.5 Å². The molecule has 0 bridgehead atoms. The van der Waals surface area contributed by atoms with Crippen LogP contribution >= 0.6 is 0 Å². The van der Waals surface area contributed by atoms with E-state index in [0.717, 1.165) is 17.1 Å². The molecule has 0 aliphatic rings. The van der Waals surface area contributed by atoms with Crippen LogP contribution in [0.3, 0.4) is 0 Å². The van der Waals surface area contributed by atoms with Gasteiger partial charge in [-0.05, 0) is 29.8 Å². The monoisotopic (exact) mass is 244 g/mol. The van der Waals surface area contributed by atoms with Crippen molar-refractivity contribution in [3.63, 3.8) is 0 Å². The Morgan fingerprint density at radius 2 is 1.44 bits per heavy atom. The Kier molecular flexibility index (Phi) is 4.61. The van der Waals surface area contributed by atoms with Crippen LogP contribution in [0.25, 0.3) is 0 Å². The quantitative estimate of drug-likeness (QED) is 0.794. The number of rotatable bonds is 6. The molecule has 0 saturated heterocycles. The molecular formula is C15H16O3. The Morgan fingerprint density at radius 1 is 0.778 bits per heavy atom. The van der Waals surface area contributed by atoms with Gasteiger partial charge in [-0.2, -0.15) is 0 Å². The van der Waals surface area contributed by atoms with Gasteiger partial charge < -0.3 is 14.6 Å². The van der Waals surface area contributed by atoms with Crippen molar-refractivity contribution >= 4 is 0 Å². The highest BCUT2D eigenvalue weighted by Gasteiger charge is 1.96. The first-order valence-electron chi connectivity index (χ1n) is 5.89. The summed E-state index contributed by atoms with van der Waals surface area (Å²) in [7, 11) is 0. The molecule has 0 aromatic heterocycles.